The van der Waals surface area contributed by atoms with Crippen LogP contribution in [0.4, 0.5) is 10.2 Å². The van der Waals surface area contributed by atoms with E-state index in [1.165, 1.54) is 11.6 Å². The van der Waals surface area contributed by atoms with Crippen molar-refractivity contribution >= 4 is 17.4 Å². The zero-order chi connectivity index (χ0) is 24.4. The Bertz CT molecular complexity index is 1310. The molecule has 5 heterocycles. The van der Waals surface area contributed by atoms with Crippen LogP contribution in [0.5, 0.6) is 5.75 Å². The van der Waals surface area contributed by atoms with Gasteiger partial charge in [0, 0.05) is 48.6 Å². The number of nitrogens with zero attached hydrogens (tertiary/aromatic N) is 6. The molecule has 1 saturated carbocycles. The predicted molar refractivity (Wildman–Crippen MR) is 132 cm³/mol. The Morgan fingerprint density at radius 1 is 1.14 bits per heavy atom. The molecule has 0 unspecified atom stereocenters. The monoisotopic (exact) mass is 510 g/mol. The minimum Gasteiger partial charge on any atom is -0.493 e. The number of methoxy groups -OCH3 is 1. The summed E-state index contributed by atoms with van der Waals surface area (Å²) in [5, 5.41) is 10.1. The van der Waals surface area contributed by atoms with Crippen molar-refractivity contribution in [2.45, 2.75) is 44.3 Å². The molecule has 3 aliphatic heterocycles. The van der Waals surface area contributed by atoms with Gasteiger partial charge in [-0.05, 0) is 55.2 Å². The first-order valence-electron chi connectivity index (χ1n) is 12.5. The maximum Gasteiger partial charge on any atom is 0.215 e. The highest BCUT2D eigenvalue weighted by atomic mass is 35.5. The van der Waals surface area contributed by atoms with Crippen molar-refractivity contribution in [3.8, 4) is 11.4 Å². The van der Waals surface area contributed by atoms with Gasteiger partial charge in [-0.3, -0.25) is 9.47 Å². The van der Waals surface area contributed by atoms with Crippen LogP contribution in [0.2, 0.25) is 5.02 Å². The fourth-order valence-corrected chi connectivity index (χ4v) is 6.72. The van der Waals surface area contributed by atoms with Gasteiger partial charge in [0.2, 0.25) is 5.95 Å². The van der Waals surface area contributed by atoms with Crippen LogP contribution in [-0.4, -0.2) is 64.1 Å². The summed E-state index contributed by atoms with van der Waals surface area (Å²) in [6.07, 6.45) is 3.09. The Morgan fingerprint density at radius 2 is 2.00 bits per heavy atom. The lowest BCUT2D eigenvalue weighted by molar-refractivity contribution is 0.0576. The van der Waals surface area contributed by atoms with E-state index in [0.29, 0.717) is 23.5 Å². The molecule has 4 aliphatic rings. The normalized spacial score (nSPS) is 23.1. The van der Waals surface area contributed by atoms with E-state index in [-0.39, 0.29) is 5.41 Å². The first kappa shape index (κ1) is 22.4. The Labute approximate surface area is 214 Å². The van der Waals surface area contributed by atoms with Crippen molar-refractivity contribution < 1.29 is 13.9 Å². The van der Waals surface area contributed by atoms with Crippen LogP contribution in [0.3, 0.4) is 0 Å². The van der Waals surface area contributed by atoms with E-state index in [0.717, 1.165) is 81.0 Å². The number of pyridine rings is 1. The Morgan fingerprint density at radius 3 is 2.78 bits per heavy atom. The van der Waals surface area contributed by atoms with Gasteiger partial charge in [0.25, 0.3) is 0 Å². The van der Waals surface area contributed by atoms with Gasteiger partial charge in [0.1, 0.15) is 5.82 Å². The molecular weight excluding hydrogens is 483 g/mol. The number of rotatable bonds is 4. The second kappa shape index (κ2) is 8.39. The molecule has 1 atom stereocenters. The molecule has 0 radical (unpaired) electrons. The maximum atomic E-state index is 13.8. The Kier molecular flexibility index (Phi) is 5.23. The van der Waals surface area contributed by atoms with E-state index >= 15 is 0 Å². The third-order valence-corrected chi connectivity index (χ3v) is 8.51. The number of halogens is 2. The zero-order valence-electron chi connectivity index (χ0n) is 20.2. The summed E-state index contributed by atoms with van der Waals surface area (Å²) in [6, 6.07) is 9.48. The number of hydrogen-bond donors (Lipinski definition) is 0. The fourth-order valence-electron chi connectivity index (χ4n) is 6.52. The van der Waals surface area contributed by atoms with Crippen molar-refractivity contribution in [3.05, 3.63) is 58.5 Å². The predicted octanol–water partition coefficient (Wildman–Crippen LogP) is 3.95. The molecule has 1 aromatic carbocycles. The highest BCUT2D eigenvalue weighted by Crippen LogP contribution is 2.57. The molecule has 10 heteroatoms. The molecular formula is C26H28ClFN6O2. The van der Waals surface area contributed by atoms with Gasteiger partial charge in [-0.2, -0.15) is 9.37 Å². The highest BCUT2D eigenvalue weighted by molar-refractivity contribution is 6.30. The van der Waals surface area contributed by atoms with Gasteiger partial charge in [-0.25, -0.2) is 0 Å². The largest absolute Gasteiger partial charge is 0.493 e. The number of anilines is 1. The second-order valence-electron chi connectivity index (χ2n) is 10.6. The lowest BCUT2D eigenvalue weighted by Gasteiger charge is -2.59. The summed E-state index contributed by atoms with van der Waals surface area (Å²) in [5.41, 5.74) is 2.53. The quantitative estimate of drug-likeness (QED) is 0.492. The molecule has 1 aliphatic carbocycles. The van der Waals surface area contributed by atoms with Crippen molar-refractivity contribution in [1.29, 1.82) is 0 Å². The molecule has 7 rings (SSSR count). The average molecular weight is 511 g/mol. The topological polar surface area (TPSA) is 68.5 Å². The van der Waals surface area contributed by atoms with Crippen LogP contribution in [0.1, 0.15) is 42.4 Å². The number of hydrogen-bond acceptors (Lipinski definition) is 7. The van der Waals surface area contributed by atoms with E-state index in [2.05, 4.69) is 36.6 Å². The first-order chi connectivity index (χ1) is 17.5. The molecule has 8 nitrogen and oxygen atoms in total. The SMILES string of the molecule is COc1ccc(F)nc1N1CC2(CC(c3nnc4n3-c3ccc(Cl)cc3CN([C@@H]3CCOC3)C4)C2)C1. The molecule has 0 N–H and O–H groups in total. The van der Waals surface area contributed by atoms with E-state index in [1.54, 1.807) is 13.2 Å². The van der Waals surface area contributed by atoms with Gasteiger partial charge in [0.05, 0.1) is 25.9 Å². The third kappa shape index (κ3) is 3.59. The number of benzene rings is 1. The van der Waals surface area contributed by atoms with Gasteiger partial charge in [-0.15, -0.1) is 10.2 Å². The first-order valence-corrected chi connectivity index (χ1v) is 12.9. The van der Waals surface area contributed by atoms with Crippen LogP contribution >= 0.6 is 11.6 Å². The summed E-state index contributed by atoms with van der Waals surface area (Å²) < 4.78 is 27.1. The van der Waals surface area contributed by atoms with Crippen molar-refractivity contribution in [1.82, 2.24) is 24.6 Å². The molecule has 3 fully saturated rings. The number of ether oxygens (including phenoxy) is 2. The highest BCUT2D eigenvalue weighted by Gasteiger charge is 2.55. The van der Waals surface area contributed by atoms with Crippen LogP contribution in [0.15, 0.2) is 30.3 Å². The third-order valence-electron chi connectivity index (χ3n) is 8.28. The lowest BCUT2D eigenvalue weighted by atomic mass is 9.57. The van der Waals surface area contributed by atoms with Gasteiger partial charge < -0.3 is 14.4 Å². The fraction of sp³-hybridized carbons (Fsp3) is 0.500. The smallest absolute Gasteiger partial charge is 0.215 e. The van der Waals surface area contributed by atoms with Gasteiger partial charge in [-0.1, -0.05) is 11.6 Å². The van der Waals surface area contributed by atoms with E-state index in [9.17, 15) is 4.39 Å². The number of aromatic nitrogens is 4. The van der Waals surface area contributed by atoms with Crippen LogP contribution in [-0.2, 0) is 17.8 Å². The zero-order valence-corrected chi connectivity index (χ0v) is 20.9. The van der Waals surface area contributed by atoms with E-state index in [4.69, 9.17) is 26.2 Å². The van der Waals surface area contributed by atoms with Crippen LogP contribution < -0.4 is 9.64 Å². The minimum atomic E-state index is -0.485. The summed E-state index contributed by atoms with van der Waals surface area (Å²) in [4.78, 5) is 8.64. The molecule has 0 bridgehead atoms. The average Bonchev–Trinajstić information content (AvgIpc) is 3.45. The molecule has 1 spiro atoms. The van der Waals surface area contributed by atoms with E-state index < -0.39 is 5.95 Å². The molecule has 36 heavy (non-hydrogen) atoms. The summed E-state index contributed by atoms with van der Waals surface area (Å²) in [6.45, 7) is 4.81. The van der Waals surface area contributed by atoms with Crippen LogP contribution in [0, 0.1) is 11.4 Å². The molecule has 2 aromatic heterocycles. The molecule has 188 valence electrons. The van der Waals surface area contributed by atoms with Gasteiger partial charge >= 0.3 is 0 Å². The molecule has 2 saturated heterocycles. The molecule has 0 amide bonds. The minimum absolute atomic E-state index is 0.205. The summed E-state index contributed by atoms with van der Waals surface area (Å²) in [5.74, 6) is 3.05. The molecule has 3 aromatic rings. The second-order valence-corrected chi connectivity index (χ2v) is 11.1. The van der Waals surface area contributed by atoms with Crippen LogP contribution in [0.25, 0.3) is 5.69 Å². The standard InChI is InChI=1S/C26H28ClFN6O2/c1-35-21-4-5-22(28)29-25(21)33-14-26(15-33)9-17(10-26)24-31-30-23-12-32(19-6-7-36-13-19)11-16-8-18(27)2-3-20(16)34(23)24/h2-5,8,17,19H,6-7,9-15H2,1H3/t19-/m1/s1. The van der Waals surface area contributed by atoms with Crippen molar-refractivity contribution in [2.75, 3.05) is 38.3 Å². The lowest BCUT2D eigenvalue weighted by Crippen LogP contribution is -2.62. The Hall–Kier alpha value is -2.75. The summed E-state index contributed by atoms with van der Waals surface area (Å²) >= 11 is 6.41. The van der Waals surface area contributed by atoms with Gasteiger partial charge in [0.15, 0.2) is 17.4 Å². The van der Waals surface area contributed by atoms with E-state index in [1.807, 2.05) is 6.07 Å². The van der Waals surface area contributed by atoms with Crippen molar-refractivity contribution in [2.24, 2.45) is 5.41 Å². The Balaban J connectivity index is 1.13. The summed E-state index contributed by atoms with van der Waals surface area (Å²) in [7, 11) is 1.59. The maximum absolute atomic E-state index is 13.8. The van der Waals surface area contributed by atoms with Crippen molar-refractivity contribution in [3.63, 3.8) is 0 Å². The number of fused-ring (bicyclic) bond motifs is 3.